The van der Waals surface area contributed by atoms with Gasteiger partial charge in [0.1, 0.15) is 4.88 Å². The molecule has 1 heterocycles. The van der Waals surface area contributed by atoms with Crippen LogP contribution in [0.2, 0.25) is 0 Å². The molecule has 0 saturated heterocycles. The molecule has 0 atom stereocenters. The van der Waals surface area contributed by atoms with Gasteiger partial charge in [-0.2, -0.15) is 0 Å². The summed E-state index contributed by atoms with van der Waals surface area (Å²) in [5, 5.41) is 0. The Morgan fingerprint density at radius 2 is 2.08 bits per heavy atom. The Bertz CT molecular complexity index is 262. The van der Waals surface area contributed by atoms with Gasteiger partial charge in [0.05, 0.1) is 7.11 Å². The van der Waals surface area contributed by atoms with Crippen LogP contribution < -0.4 is 0 Å². The minimum atomic E-state index is -0.274. The third-order valence-electron chi connectivity index (χ3n) is 1.24. The first kappa shape index (κ1) is 12.7. The SMILES string of the molecule is CC.COC(=O)c1cc(Br)c(C)s1. The number of hydrogen-bond donors (Lipinski definition) is 0. The van der Waals surface area contributed by atoms with E-state index in [9.17, 15) is 4.79 Å². The molecule has 0 aliphatic heterocycles. The average molecular weight is 265 g/mol. The second-order valence-electron chi connectivity index (χ2n) is 2.01. The summed E-state index contributed by atoms with van der Waals surface area (Å²) in [6.07, 6.45) is 0. The summed E-state index contributed by atoms with van der Waals surface area (Å²) in [5.41, 5.74) is 0. The van der Waals surface area contributed by atoms with Crippen molar-refractivity contribution < 1.29 is 9.53 Å². The van der Waals surface area contributed by atoms with Crippen molar-refractivity contribution in [2.75, 3.05) is 7.11 Å². The van der Waals surface area contributed by atoms with Crippen molar-refractivity contribution in [2.24, 2.45) is 0 Å². The fraction of sp³-hybridized carbons (Fsp3) is 0.444. The summed E-state index contributed by atoms with van der Waals surface area (Å²) in [5.74, 6) is -0.274. The lowest BCUT2D eigenvalue weighted by molar-refractivity contribution is 0.0606. The Labute approximate surface area is 91.0 Å². The van der Waals surface area contributed by atoms with Crippen LogP contribution in [0.15, 0.2) is 10.5 Å². The molecule has 0 N–H and O–H groups in total. The van der Waals surface area contributed by atoms with Gasteiger partial charge in [-0.25, -0.2) is 4.79 Å². The van der Waals surface area contributed by atoms with E-state index in [2.05, 4.69) is 20.7 Å². The third kappa shape index (κ3) is 3.48. The molecule has 0 saturated carbocycles. The Morgan fingerprint density at radius 1 is 1.54 bits per heavy atom. The second kappa shape index (κ2) is 6.16. The van der Waals surface area contributed by atoms with E-state index in [0.717, 1.165) is 9.35 Å². The molecule has 0 bridgehead atoms. The molecule has 13 heavy (non-hydrogen) atoms. The molecule has 0 unspecified atom stereocenters. The fourth-order valence-corrected chi connectivity index (χ4v) is 2.11. The van der Waals surface area contributed by atoms with Crippen molar-refractivity contribution in [1.29, 1.82) is 0 Å². The molecule has 0 fully saturated rings. The van der Waals surface area contributed by atoms with Gasteiger partial charge in [0.2, 0.25) is 0 Å². The highest BCUT2D eigenvalue weighted by Crippen LogP contribution is 2.26. The first-order valence-electron chi connectivity index (χ1n) is 3.99. The summed E-state index contributed by atoms with van der Waals surface area (Å²) in [6.45, 7) is 5.95. The predicted molar refractivity (Wildman–Crippen MR) is 59.4 cm³/mol. The smallest absolute Gasteiger partial charge is 0.348 e. The van der Waals surface area contributed by atoms with Gasteiger partial charge >= 0.3 is 5.97 Å². The van der Waals surface area contributed by atoms with E-state index in [-0.39, 0.29) is 5.97 Å². The highest BCUT2D eigenvalue weighted by atomic mass is 79.9. The van der Waals surface area contributed by atoms with E-state index in [4.69, 9.17) is 0 Å². The number of thiophene rings is 1. The average Bonchev–Trinajstić information content (AvgIpc) is 2.49. The number of carbonyl (C=O) groups is 1. The van der Waals surface area contributed by atoms with Gasteiger partial charge in [0.25, 0.3) is 0 Å². The quantitative estimate of drug-likeness (QED) is 0.725. The third-order valence-corrected chi connectivity index (χ3v) is 3.36. The first-order valence-corrected chi connectivity index (χ1v) is 5.60. The zero-order chi connectivity index (χ0) is 10.4. The van der Waals surface area contributed by atoms with Crippen LogP contribution in [0.25, 0.3) is 0 Å². The van der Waals surface area contributed by atoms with Gasteiger partial charge < -0.3 is 4.74 Å². The largest absolute Gasteiger partial charge is 0.465 e. The van der Waals surface area contributed by atoms with Crippen LogP contribution in [-0.2, 0) is 4.74 Å². The number of ether oxygens (including phenoxy) is 1. The van der Waals surface area contributed by atoms with Crippen LogP contribution in [0.5, 0.6) is 0 Å². The summed E-state index contributed by atoms with van der Waals surface area (Å²) in [7, 11) is 1.38. The molecule has 0 spiro atoms. The van der Waals surface area contributed by atoms with Gasteiger partial charge in [0.15, 0.2) is 0 Å². The Morgan fingerprint density at radius 3 is 2.38 bits per heavy atom. The molecule has 0 radical (unpaired) electrons. The topological polar surface area (TPSA) is 26.3 Å². The highest BCUT2D eigenvalue weighted by molar-refractivity contribution is 9.10. The molecule has 0 aromatic carbocycles. The van der Waals surface area contributed by atoms with Crippen LogP contribution in [-0.4, -0.2) is 13.1 Å². The number of halogens is 1. The lowest BCUT2D eigenvalue weighted by Gasteiger charge is -1.90. The number of esters is 1. The lowest BCUT2D eigenvalue weighted by atomic mass is 10.4. The fourth-order valence-electron chi connectivity index (χ4n) is 0.661. The van der Waals surface area contributed by atoms with E-state index in [1.807, 2.05) is 20.8 Å². The maximum Gasteiger partial charge on any atom is 0.348 e. The molecule has 74 valence electrons. The minimum absolute atomic E-state index is 0.274. The highest BCUT2D eigenvalue weighted by Gasteiger charge is 2.10. The predicted octanol–water partition coefficient (Wildman–Crippen LogP) is 3.63. The van der Waals surface area contributed by atoms with Crippen LogP contribution in [0.3, 0.4) is 0 Å². The van der Waals surface area contributed by atoms with Crippen LogP contribution >= 0.6 is 27.3 Å². The zero-order valence-corrected chi connectivity index (χ0v) is 10.6. The number of carbonyl (C=O) groups excluding carboxylic acids is 1. The van der Waals surface area contributed by atoms with Gasteiger partial charge in [0, 0.05) is 9.35 Å². The molecule has 4 heteroatoms. The van der Waals surface area contributed by atoms with Crippen molar-refractivity contribution in [3.05, 3.63) is 20.3 Å². The van der Waals surface area contributed by atoms with Crippen LogP contribution in [0.4, 0.5) is 0 Å². The number of aryl methyl sites for hydroxylation is 1. The van der Waals surface area contributed by atoms with Crippen LogP contribution in [0.1, 0.15) is 28.4 Å². The summed E-state index contributed by atoms with van der Waals surface area (Å²) in [4.78, 5) is 12.7. The Balaban J connectivity index is 0.000000671. The number of rotatable bonds is 1. The van der Waals surface area contributed by atoms with Crippen molar-refractivity contribution in [1.82, 2.24) is 0 Å². The summed E-state index contributed by atoms with van der Waals surface area (Å²) in [6, 6.07) is 1.77. The molecule has 0 aliphatic carbocycles. The zero-order valence-electron chi connectivity index (χ0n) is 8.18. The van der Waals surface area contributed by atoms with E-state index in [1.54, 1.807) is 6.07 Å². The first-order chi connectivity index (χ1) is 6.15. The van der Waals surface area contributed by atoms with Gasteiger partial charge in [-0.15, -0.1) is 11.3 Å². The van der Waals surface area contributed by atoms with E-state index < -0.39 is 0 Å². The molecule has 0 amide bonds. The summed E-state index contributed by atoms with van der Waals surface area (Å²) >= 11 is 4.74. The molecular formula is C9H13BrO2S. The molecule has 1 rings (SSSR count). The molecule has 1 aromatic rings. The van der Waals surface area contributed by atoms with Crippen molar-refractivity contribution in [3.63, 3.8) is 0 Å². The van der Waals surface area contributed by atoms with E-state index >= 15 is 0 Å². The maximum absolute atomic E-state index is 10.9. The minimum Gasteiger partial charge on any atom is -0.465 e. The molecule has 2 nitrogen and oxygen atoms in total. The van der Waals surface area contributed by atoms with Gasteiger partial charge in [-0.05, 0) is 28.9 Å². The Kier molecular flexibility index (Phi) is 5.99. The van der Waals surface area contributed by atoms with Gasteiger partial charge in [-0.3, -0.25) is 0 Å². The van der Waals surface area contributed by atoms with Crippen LogP contribution in [0, 0.1) is 6.92 Å². The molecule has 0 aliphatic rings. The van der Waals surface area contributed by atoms with Crippen molar-refractivity contribution in [2.45, 2.75) is 20.8 Å². The number of methoxy groups -OCH3 is 1. The maximum atomic E-state index is 10.9. The van der Waals surface area contributed by atoms with Crippen molar-refractivity contribution >= 4 is 33.2 Å². The normalized spacial score (nSPS) is 8.69. The Hall–Kier alpha value is -0.350. The molecule has 1 aromatic heterocycles. The molecular weight excluding hydrogens is 252 g/mol. The lowest BCUT2D eigenvalue weighted by Crippen LogP contribution is -1.96. The summed E-state index contributed by atoms with van der Waals surface area (Å²) < 4.78 is 5.52. The van der Waals surface area contributed by atoms with Crippen molar-refractivity contribution in [3.8, 4) is 0 Å². The van der Waals surface area contributed by atoms with E-state index in [0.29, 0.717) is 4.88 Å². The van der Waals surface area contributed by atoms with E-state index in [1.165, 1.54) is 18.4 Å². The second-order valence-corrected chi connectivity index (χ2v) is 4.12. The monoisotopic (exact) mass is 264 g/mol. The number of hydrogen-bond acceptors (Lipinski definition) is 3. The standard InChI is InChI=1S/C7H7BrO2S.C2H6/c1-4-5(8)3-6(11-4)7(9)10-2;1-2/h3H,1-2H3;1-2H3. The van der Waals surface area contributed by atoms with Gasteiger partial charge in [-0.1, -0.05) is 13.8 Å².